The predicted octanol–water partition coefficient (Wildman–Crippen LogP) is 5.33. The summed E-state index contributed by atoms with van der Waals surface area (Å²) in [6.45, 7) is 0.470. The highest BCUT2D eigenvalue weighted by Gasteiger charge is 2.12. The molecule has 0 unspecified atom stereocenters. The smallest absolute Gasteiger partial charge is 0.216 e. The first-order valence-corrected chi connectivity index (χ1v) is 11.1. The molecule has 0 aliphatic rings. The molecule has 3 rings (SSSR count). The maximum atomic E-state index is 12.9. The van der Waals surface area contributed by atoms with Gasteiger partial charge in [-0.1, -0.05) is 53.5 Å². The molecule has 0 bridgehead atoms. The second kappa shape index (κ2) is 9.59. The number of hydrogen-bond donors (Lipinski definition) is 1. The van der Waals surface area contributed by atoms with Crippen molar-refractivity contribution in [3.05, 3.63) is 99.3 Å². The van der Waals surface area contributed by atoms with Crippen LogP contribution in [0, 0.1) is 5.82 Å². The molecule has 0 saturated carbocycles. The van der Waals surface area contributed by atoms with E-state index in [-0.39, 0.29) is 18.1 Å². The van der Waals surface area contributed by atoms with Crippen molar-refractivity contribution in [2.24, 2.45) is 0 Å². The summed E-state index contributed by atoms with van der Waals surface area (Å²) in [5.74, 6) is 0.152. The molecule has 3 aromatic rings. The molecular weight excluding hydrogens is 436 g/mol. The molecule has 1 N–H and O–H groups in total. The SMILES string of the molecule is O=S(=O)(Cc1ccc(Cl)c(Cl)c1)NCc1ccc(OCc2ccc(F)cc2)cc1. The fourth-order valence-corrected chi connectivity index (χ4v) is 3.97. The molecular formula is C21H18Cl2FNO3S. The van der Waals surface area contributed by atoms with Crippen molar-refractivity contribution in [2.45, 2.75) is 18.9 Å². The summed E-state index contributed by atoms with van der Waals surface area (Å²) in [4.78, 5) is 0. The number of ether oxygens (including phenoxy) is 1. The molecule has 0 saturated heterocycles. The molecule has 4 nitrogen and oxygen atoms in total. The average molecular weight is 454 g/mol. The predicted molar refractivity (Wildman–Crippen MR) is 113 cm³/mol. The van der Waals surface area contributed by atoms with Crippen molar-refractivity contribution in [3.63, 3.8) is 0 Å². The molecule has 0 aliphatic carbocycles. The lowest BCUT2D eigenvalue weighted by Gasteiger charge is -2.09. The largest absolute Gasteiger partial charge is 0.489 e. The molecule has 0 amide bonds. The number of benzene rings is 3. The zero-order chi connectivity index (χ0) is 20.9. The van der Waals surface area contributed by atoms with E-state index in [1.165, 1.54) is 18.2 Å². The van der Waals surface area contributed by atoms with Crippen molar-refractivity contribution in [3.8, 4) is 5.75 Å². The van der Waals surface area contributed by atoms with Gasteiger partial charge in [0.25, 0.3) is 0 Å². The molecule has 3 aromatic carbocycles. The van der Waals surface area contributed by atoms with E-state index in [2.05, 4.69) is 4.72 Å². The lowest BCUT2D eigenvalue weighted by Crippen LogP contribution is -2.24. The summed E-state index contributed by atoms with van der Waals surface area (Å²) < 4.78 is 45.7. The van der Waals surface area contributed by atoms with Crippen LogP contribution in [0.15, 0.2) is 66.7 Å². The van der Waals surface area contributed by atoms with Crippen LogP contribution in [0.2, 0.25) is 10.0 Å². The van der Waals surface area contributed by atoms with Crippen LogP contribution in [-0.2, 0) is 28.9 Å². The Morgan fingerprint density at radius 3 is 2.10 bits per heavy atom. The van der Waals surface area contributed by atoms with Gasteiger partial charge in [-0.25, -0.2) is 17.5 Å². The minimum atomic E-state index is -3.54. The maximum absolute atomic E-state index is 12.9. The fourth-order valence-electron chi connectivity index (χ4n) is 2.54. The van der Waals surface area contributed by atoms with Gasteiger partial charge in [0.05, 0.1) is 15.8 Å². The molecule has 0 heterocycles. The third-order valence-electron chi connectivity index (χ3n) is 4.08. The van der Waals surface area contributed by atoms with E-state index in [1.54, 1.807) is 48.5 Å². The van der Waals surface area contributed by atoms with Gasteiger partial charge in [0.1, 0.15) is 18.2 Å². The van der Waals surface area contributed by atoms with Gasteiger partial charge in [0.2, 0.25) is 10.0 Å². The zero-order valence-electron chi connectivity index (χ0n) is 15.2. The Hall–Kier alpha value is -2.12. The summed E-state index contributed by atoms with van der Waals surface area (Å²) in [6, 6.07) is 17.9. The fraction of sp³-hybridized carbons (Fsp3) is 0.143. The van der Waals surface area contributed by atoms with E-state index in [0.29, 0.717) is 28.0 Å². The van der Waals surface area contributed by atoms with Crippen LogP contribution in [0.25, 0.3) is 0 Å². The van der Waals surface area contributed by atoms with Crippen LogP contribution >= 0.6 is 23.2 Å². The molecule has 0 atom stereocenters. The second-order valence-electron chi connectivity index (χ2n) is 6.39. The summed E-state index contributed by atoms with van der Waals surface area (Å²) in [5.41, 5.74) is 2.19. The summed E-state index contributed by atoms with van der Waals surface area (Å²) in [5, 5.41) is 0.693. The Morgan fingerprint density at radius 1 is 0.828 bits per heavy atom. The van der Waals surface area contributed by atoms with Crippen LogP contribution in [0.3, 0.4) is 0 Å². The van der Waals surface area contributed by atoms with Crippen molar-refractivity contribution in [2.75, 3.05) is 0 Å². The highest BCUT2D eigenvalue weighted by molar-refractivity contribution is 7.88. The number of nitrogens with one attached hydrogen (secondary N) is 1. The monoisotopic (exact) mass is 453 g/mol. The minimum absolute atomic E-state index is 0.155. The van der Waals surface area contributed by atoms with E-state index < -0.39 is 10.0 Å². The number of halogens is 3. The van der Waals surface area contributed by atoms with Gasteiger partial charge in [-0.05, 0) is 53.1 Å². The Kier molecular flexibility index (Phi) is 7.14. The van der Waals surface area contributed by atoms with Crippen LogP contribution in [0.1, 0.15) is 16.7 Å². The van der Waals surface area contributed by atoms with E-state index in [4.69, 9.17) is 27.9 Å². The van der Waals surface area contributed by atoms with Gasteiger partial charge in [0.15, 0.2) is 0 Å². The number of hydrogen-bond acceptors (Lipinski definition) is 3. The van der Waals surface area contributed by atoms with Crippen molar-refractivity contribution < 1.29 is 17.5 Å². The first-order chi connectivity index (χ1) is 13.8. The molecule has 29 heavy (non-hydrogen) atoms. The normalized spacial score (nSPS) is 11.4. The first kappa shape index (κ1) is 21.6. The lowest BCUT2D eigenvalue weighted by molar-refractivity contribution is 0.306. The molecule has 152 valence electrons. The molecule has 0 aliphatic heterocycles. The number of sulfonamides is 1. The zero-order valence-corrected chi connectivity index (χ0v) is 17.6. The van der Waals surface area contributed by atoms with E-state index >= 15 is 0 Å². The Morgan fingerprint density at radius 2 is 1.45 bits per heavy atom. The third-order valence-corrected chi connectivity index (χ3v) is 6.12. The molecule has 8 heteroatoms. The first-order valence-electron chi connectivity index (χ1n) is 8.68. The average Bonchev–Trinajstić information content (AvgIpc) is 2.69. The Balaban J connectivity index is 1.52. The van der Waals surface area contributed by atoms with E-state index in [0.717, 1.165) is 11.1 Å². The molecule has 0 radical (unpaired) electrons. The third kappa shape index (κ3) is 6.72. The van der Waals surface area contributed by atoms with Gasteiger partial charge >= 0.3 is 0 Å². The maximum Gasteiger partial charge on any atom is 0.216 e. The van der Waals surface area contributed by atoms with Crippen molar-refractivity contribution >= 4 is 33.2 Å². The van der Waals surface area contributed by atoms with Crippen LogP contribution in [-0.4, -0.2) is 8.42 Å². The second-order valence-corrected chi connectivity index (χ2v) is 9.01. The summed E-state index contributed by atoms with van der Waals surface area (Å²) in [6.07, 6.45) is 0. The van der Waals surface area contributed by atoms with E-state index in [9.17, 15) is 12.8 Å². The van der Waals surface area contributed by atoms with Gasteiger partial charge in [-0.15, -0.1) is 0 Å². The van der Waals surface area contributed by atoms with Crippen molar-refractivity contribution in [1.29, 1.82) is 0 Å². The van der Waals surface area contributed by atoms with Gasteiger partial charge in [0, 0.05) is 6.54 Å². The molecule has 0 aromatic heterocycles. The Labute approximate surface area is 179 Å². The van der Waals surface area contributed by atoms with Gasteiger partial charge in [-0.3, -0.25) is 0 Å². The van der Waals surface area contributed by atoms with Crippen molar-refractivity contribution in [1.82, 2.24) is 4.72 Å². The molecule has 0 fully saturated rings. The minimum Gasteiger partial charge on any atom is -0.489 e. The van der Waals surface area contributed by atoms with Gasteiger partial charge in [-0.2, -0.15) is 0 Å². The van der Waals surface area contributed by atoms with Crippen LogP contribution in [0.5, 0.6) is 5.75 Å². The highest BCUT2D eigenvalue weighted by Crippen LogP contribution is 2.23. The van der Waals surface area contributed by atoms with E-state index in [1.807, 2.05) is 0 Å². The summed E-state index contributed by atoms with van der Waals surface area (Å²) in [7, 11) is -3.54. The number of rotatable bonds is 8. The Bertz CT molecular complexity index is 1070. The van der Waals surface area contributed by atoms with Gasteiger partial charge < -0.3 is 4.74 Å². The standard InChI is InChI=1S/C21H18Cl2FNO3S/c22-20-10-5-17(11-21(20)23)14-29(26,27)25-12-15-3-8-19(9-4-15)28-13-16-1-6-18(24)7-2-16/h1-11,25H,12-14H2. The van der Waals surface area contributed by atoms with Crippen LogP contribution in [0.4, 0.5) is 4.39 Å². The van der Waals surface area contributed by atoms with Crippen LogP contribution < -0.4 is 9.46 Å². The topological polar surface area (TPSA) is 55.4 Å². The molecule has 0 spiro atoms. The highest BCUT2D eigenvalue weighted by atomic mass is 35.5. The quantitative estimate of drug-likeness (QED) is 0.501. The lowest BCUT2D eigenvalue weighted by atomic mass is 10.2. The summed E-state index contributed by atoms with van der Waals surface area (Å²) >= 11 is 11.8.